The van der Waals surface area contributed by atoms with E-state index in [0.29, 0.717) is 16.7 Å². The molecule has 1 aromatic heterocycles. The number of hydrogen-bond donors (Lipinski definition) is 1. The Bertz CT molecular complexity index is 952. The van der Waals surface area contributed by atoms with Crippen molar-refractivity contribution in [1.82, 2.24) is 15.1 Å². The predicted molar refractivity (Wildman–Crippen MR) is 107 cm³/mol. The summed E-state index contributed by atoms with van der Waals surface area (Å²) in [6.45, 7) is 5.29. The van der Waals surface area contributed by atoms with E-state index in [9.17, 15) is 14.4 Å². The summed E-state index contributed by atoms with van der Waals surface area (Å²) in [5.41, 5.74) is 0.342. The molecule has 3 amide bonds. The monoisotopic (exact) mass is 416 g/mol. The molecule has 0 bridgehead atoms. The molecule has 1 N–H and O–H groups in total. The van der Waals surface area contributed by atoms with Crippen LogP contribution in [0.15, 0.2) is 30.3 Å². The highest BCUT2D eigenvalue weighted by molar-refractivity contribution is 6.30. The first-order chi connectivity index (χ1) is 13.6. The minimum atomic E-state index is -0.833. The van der Waals surface area contributed by atoms with Gasteiger partial charge in [0.1, 0.15) is 0 Å². The fourth-order valence-corrected chi connectivity index (χ4v) is 3.16. The first-order valence-electron chi connectivity index (χ1n) is 8.95. The van der Waals surface area contributed by atoms with Gasteiger partial charge < -0.3 is 10.1 Å². The highest BCUT2D eigenvalue weighted by atomic mass is 35.5. The molecule has 8 nitrogen and oxygen atoms in total. The summed E-state index contributed by atoms with van der Waals surface area (Å²) in [6, 6.07) is 7.26. The second kappa shape index (κ2) is 7.88. The van der Waals surface area contributed by atoms with Crippen molar-refractivity contribution in [3.63, 3.8) is 0 Å². The molecule has 0 saturated heterocycles. The fraction of sp³-hybridized carbons (Fsp3) is 0.350. The molecule has 0 unspecified atom stereocenters. The van der Waals surface area contributed by atoms with Gasteiger partial charge in [0.25, 0.3) is 11.8 Å². The number of halogens is 1. The summed E-state index contributed by atoms with van der Waals surface area (Å²) in [6.07, 6.45) is 0. The molecule has 1 aliphatic rings. The van der Waals surface area contributed by atoms with Crippen LogP contribution in [0.25, 0.3) is 0 Å². The van der Waals surface area contributed by atoms with E-state index in [-0.39, 0.29) is 23.5 Å². The number of carbonyl (C=O) groups is 3. The smallest absolute Gasteiger partial charge is 0.262 e. The highest BCUT2D eigenvalue weighted by Crippen LogP contribution is 2.34. The number of carbonyl (C=O) groups excluding carboxylic acids is 3. The fourth-order valence-electron chi connectivity index (χ4n) is 2.94. The number of aromatic nitrogens is 2. The van der Waals surface area contributed by atoms with Gasteiger partial charge in [0.2, 0.25) is 5.91 Å². The average molecular weight is 417 g/mol. The zero-order valence-corrected chi connectivity index (χ0v) is 17.3. The molecule has 29 heavy (non-hydrogen) atoms. The third-order valence-electron chi connectivity index (χ3n) is 4.52. The first-order valence-corrected chi connectivity index (χ1v) is 9.33. The van der Waals surface area contributed by atoms with Gasteiger partial charge in [-0.25, -0.2) is 0 Å². The van der Waals surface area contributed by atoms with Crippen molar-refractivity contribution < 1.29 is 19.1 Å². The van der Waals surface area contributed by atoms with Crippen LogP contribution in [0.5, 0.6) is 0 Å². The SMILES string of the molecule is COC[C@H](c1cc(NC(=O)C(C)(C)C)nnc1Cl)N1C(=O)c2ccccc2C1=O. The maximum atomic E-state index is 12.9. The summed E-state index contributed by atoms with van der Waals surface area (Å²) in [5, 5.41) is 10.5. The third kappa shape index (κ3) is 3.99. The molecular weight excluding hydrogens is 396 g/mol. The summed E-state index contributed by atoms with van der Waals surface area (Å²) in [7, 11) is 1.45. The molecule has 152 valence electrons. The molecule has 1 aliphatic heterocycles. The van der Waals surface area contributed by atoms with Crippen LogP contribution in [-0.2, 0) is 9.53 Å². The quantitative estimate of drug-likeness (QED) is 0.751. The van der Waals surface area contributed by atoms with Crippen LogP contribution in [0.4, 0.5) is 5.82 Å². The van der Waals surface area contributed by atoms with Crippen molar-refractivity contribution in [3.05, 3.63) is 52.2 Å². The molecule has 0 fully saturated rings. The summed E-state index contributed by atoms with van der Waals surface area (Å²) >= 11 is 6.25. The molecule has 1 atom stereocenters. The van der Waals surface area contributed by atoms with E-state index in [2.05, 4.69) is 15.5 Å². The number of amides is 3. The second-order valence-electron chi connectivity index (χ2n) is 7.68. The largest absolute Gasteiger partial charge is 0.382 e. The second-order valence-corrected chi connectivity index (χ2v) is 8.03. The van der Waals surface area contributed by atoms with E-state index in [1.165, 1.54) is 13.2 Å². The van der Waals surface area contributed by atoms with Gasteiger partial charge in [-0.2, -0.15) is 0 Å². The van der Waals surface area contributed by atoms with Crippen molar-refractivity contribution in [2.75, 3.05) is 19.0 Å². The van der Waals surface area contributed by atoms with E-state index >= 15 is 0 Å². The Kier molecular flexibility index (Phi) is 5.68. The Labute approximate surface area is 173 Å². The van der Waals surface area contributed by atoms with Crippen molar-refractivity contribution in [1.29, 1.82) is 0 Å². The predicted octanol–water partition coefficient (Wildman–Crippen LogP) is 3.10. The van der Waals surface area contributed by atoms with Crippen molar-refractivity contribution >= 4 is 35.1 Å². The summed E-state index contributed by atoms with van der Waals surface area (Å²) in [5.74, 6) is -0.979. The summed E-state index contributed by atoms with van der Waals surface area (Å²) in [4.78, 5) is 39.2. The number of benzene rings is 1. The molecule has 0 saturated carbocycles. The third-order valence-corrected chi connectivity index (χ3v) is 4.81. The number of ether oxygens (including phenoxy) is 1. The lowest BCUT2D eigenvalue weighted by atomic mass is 9.96. The average Bonchev–Trinajstić information content (AvgIpc) is 2.92. The summed E-state index contributed by atoms with van der Waals surface area (Å²) < 4.78 is 5.26. The van der Waals surface area contributed by atoms with Crippen LogP contribution in [0.1, 0.15) is 53.1 Å². The Morgan fingerprint density at radius 3 is 2.28 bits per heavy atom. The Morgan fingerprint density at radius 1 is 1.17 bits per heavy atom. The van der Waals surface area contributed by atoms with Crippen LogP contribution < -0.4 is 5.32 Å². The van der Waals surface area contributed by atoms with Crippen LogP contribution in [0.3, 0.4) is 0 Å². The van der Waals surface area contributed by atoms with E-state index in [1.54, 1.807) is 45.0 Å². The zero-order valence-electron chi connectivity index (χ0n) is 16.5. The maximum Gasteiger partial charge on any atom is 0.262 e. The van der Waals surface area contributed by atoms with Gasteiger partial charge in [-0.05, 0) is 18.2 Å². The van der Waals surface area contributed by atoms with Crippen molar-refractivity contribution in [3.8, 4) is 0 Å². The Balaban J connectivity index is 2.00. The lowest BCUT2D eigenvalue weighted by Crippen LogP contribution is -2.37. The number of nitrogens with zero attached hydrogens (tertiary/aromatic N) is 3. The molecule has 9 heteroatoms. The number of rotatable bonds is 5. The Morgan fingerprint density at radius 2 is 1.76 bits per heavy atom. The number of hydrogen-bond acceptors (Lipinski definition) is 6. The molecule has 2 aromatic rings. The van der Waals surface area contributed by atoms with Gasteiger partial charge in [0.15, 0.2) is 11.0 Å². The lowest BCUT2D eigenvalue weighted by Gasteiger charge is -2.26. The normalized spacial score (nSPS) is 14.7. The van der Waals surface area contributed by atoms with Crippen LogP contribution in [0, 0.1) is 5.41 Å². The molecule has 0 aliphatic carbocycles. The molecule has 2 heterocycles. The van der Waals surface area contributed by atoms with Gasteiger partial charge in [-0.3, -0.25) is 19.3 Å². The van der Waals surface area contributed by atoms with Gasteiger partial charge in [-0.15, -0.1) is 10.2 Å². The highest BCUT2D eigenvalue weighted by Gasteiger charge is 2.41. The van der Waals surface area contributed by atoms with Gasteiger partial charge >= 0.3 is 0 Å². The standard InChI is InChI=1S/C20H21ClN4O4/c1-20(2,3)19(28)22-15-9-13(16(21)24-23-15)14(10-29-4)25-17(26)11-7-5-6-8-12(11)18(25)27/h5-9,14H,10H2,1-4H3,(H,22,23,28)/t14-/m1/s1. The van der Waals surface area contributed by atoms with Gasteiger partial charge in [0, 0.05) is 18.1 Å². The first kappa shape index (κ1) is 20.9. The topological polar surface area (TPSA) is 101 Å². The minimum Gasteiger partial charge on any atom is -0.382 e. The van der Waals surface area contributed by atoms with Crippen LogP contribution in [0.2, 0.25) is 5.15 Å². The van der Waals surface area contributed by atoms with Crippen molar-refractivity contribution in [2.24, 2.45) is 5.41 Å². The Hall–Kier alpha value is -2.84. The van der Waals surface area contributed by atoms with Crippen molar-refractivity contribution in [2.45, 2.75) is 26.8 Å². The lowest BCUT2D eigenvalue weighted by molar-refractivity contribution is -0.123. The van der Waals surface area contributed by atoms with E-state index in [1.807, 2.05) is 0 Å². The molecule has 0 spiro atoms. The molecule has 3 rings (SSSR count). The number of imide groups is 1. The maximum absolute atomic E-state index is 12.9. The van der Waals surface area contributed by atoms with E-state index in [4.69, 9.17) is 16.3 Å². The minimum absolute atomic E-state index is 0.00351. The van der Waals surface area contributed by atoms with E-state index in [0.717, 1.165) is 4.90 Å². The number of anilines is 1. The van der Waals surface area contributed by atoms with Gasteiger partial charge in [-0.1, -0.05) is 44.5 Å². The number of methoxy groups -OCH3 is 1. The number of nitrogens with one attached hydrogen (secondary N) is 1. The van der Waals surface area contributed by atoms with Crippen LogP contribution in [-0.4, -0.2) is 46.5 Å². The molecule has 1 aromatic carbocycles. The molecular formula is C20H21ClN4O4. The van der Waals surface area contributed by atoms with Gasteiger partial charge in [0.05, 0.1) is 23.8 Å². The van der Waals surface area contributed by atoms with Crippen LogP contribution >= 0.6 is 11.6 Å². The number of fused-ring (bicyclic) bond motifs is 1. The molecule has 0 radical (unpaired) electrons. The van der Waals surface area contributed by atoms with E-state index < -0.39 is 23.3 Å². The zero-order chi connectivity index (χ0) is 21.3.